The molecule has 0 saturated heterocycles. The van der Waals surface area contributed by atoms with Crippen LogP contribution in [0.25, 0.3) is 5.69 Å². The van der Waals surface area contributed by atoms with Crippen LogP contribution in [-0.4, -0.2) is 21.2 Å². The third kappa shape index (κ3) is 2.64. The average Bonchev–Trinajstić information content (AvgIpc) is 3.35. The van der Waals surface area contributed by atoms with Crippen LogP contribution in [0.5, 0.6) is 0 Å². The number of rotatable bonds is 2. The van der Waals surface area contributed by atoms with Crippen molar-refractivity contribution >= 4 is 5.91 Å². The maximum atomic E-state index is 14.6. The lowest BCUT2D eigenvalue weighted by molar-refractivity contribution is 0.0912. The van der Waals surface area contributed by atoms with Gasteiger partial charge in [0.2, 0.25) is 0 Å². The number of amides is 1. The van der Waals surface area contributed by atoms with Crippen LogP contribution in [0.15, 0.2) is 18.2 Å². The molecule has 2 aliphatic rings. The molecule has 2 atom stereocenters. The number of carbonyl (C=O) groups excluding carboxylic acids is 1. The second-order valence-corrected chi connectivity index (χ2v) is 6.57. The normalized spacial score (nSPS) is 28.3. The van der Waals surface area contributed by atoms with E-state index in [4.69, 9.17) is 12.3 Å². The Morgan fingerprint density at radius 1 is 1.32 bits per heavy atom. The average molecular weight is 354 g/mol. The monoisotopic (exact) mass is 354 g/mol. The maximum absolute atomic E-state index is 14.6. The molecule has 4 rings (SSSR count). The summed E-state index contributed by atoms with van der Waals surface area (Å²) in [6.45, 7) is -10.9. The Labute approximate surface area is 157 Å². The minimum Gasteiger partial charge on any atom is -0.346 e. The molecule has 2 bridgehead atoms. The first-order valence-electron chi connectivity index (χ1n) is 12.4. The fourth-order valence-corrected chi connectivity index (χ4v) is 3.96. The van der Waals surface area contributed by atoms with E-state index in [-0.39, 0.29) is 23.2 Å². The van der Waals surface area contributed by atoms with Crippen LogP contribution in [0.3, 0.4) is 0 Å². The van der Waals surface area contributed by atoms with Crippen LogP contribution in [-0.2, 0) is 0 Å². The van der Waals surface area contributed by atoms with Crippen LogP contribution < -0.4 is 5.32 Å². The predicted octanol–water partition coefficient (Wildman–Crippen LogP) is 4.04. The van der Waals surface area contributed by atoms with E-state index in [9.17, 15) is 13.6 Å². The van der Waals surface area contributed by atoms with Crippen LogP contribution >= 0.6 is 0 Å². The Morgan fingerprint density at radius 3 is 2.80 bits per heavy atom. The number of hydrogen-bond acceptors (Lipinski definition) is 2. The first kappa shape index (κ1) is 8.92. The van der Waals surface area contributed by atoms with Crippen molar-refractivity contribution < 1.29 is 25.9 Å². The van der Waals surface area contributed by atoms with Gasteiger partial charge < -0.3 is 5.32 Å². The molecule has 1 saturated carbocycles. The molecule has 0 aliphatic heterocycles. The van der Waals surface area contributed by atoms with E-state index in [0.29, 0.717) is 30.2 Å². The van der Waals surface area contributed by atoms with E-state index in [1.54, 1.807) is 5.32 Å². The predicted molar refractivity (Wildman–Crippen MR) is 90.0 cm³/mol. The molecule has 0 radical (unpaired) electrons. The highest BCUT2D eigenvalue weighted by molar-refractivity contribution is 5.95. The van der Waals surface area contributed by atoms with Gasteiger partial charge in [-0.2, -0.15) is 5.10 Å². The second kappa shape index (κ2) is 5.38. The summed E-state index contributed by atoms with van der Waals surface area (Å²) in [5.74, 6) is -3.31. The molecule has 1 amide bonds. The van der Waals surface area contributed by atoms with Gasteiger partial charge in [-0.05, 0) is 57.9 Å². The molecule has 2 aliphatic carbocycles. The Kier molecular flexibility index (Phi) is 1.92. The summed E-state index contributed by atoms with van der Waals surface area (Å²) in [5, 5.41) is 5.94. The topological polar surface area (TPSA) is 46.9 Å². The molecule has 1 fully saturated rings. The lowest BCUT2D eigenvalue weighted by Gasteiger charge is -2.20. The van der Waals surface area contributed by atoms with Crippen molar-refractivity contribution in [3.63, 3.8) is 0 Å². The summed E-state index contributed by atoms with van der Waals surface area (Å²) in [5.41, 5.74) is -3.19. The van der Waals surface area contributed by atoms with Gasteiger partial charge in [-0.15, -0.1) is 0 Å². The van der Waals surface area contributed by atoms with Crippen molar-refractivity contribution in [2.24, 2.45) is 0 Å². The van der Waals surface area contributed by atoms with Gasteiger partial charge in [0, 0.05) is 35.4 Å². The molecule has 1 aromatic heterocycles. The van der Waals surface area contributed by atoms with Gasteiger partial charge in [0.1, 0.15) is 11.5 Å². The minimum atomic E-state index is -3.63. The highest BCUT2D eigenvalue weighted by atomic mass is 19.1. The lowest BCUT2D eigenvalue weighted by atomic mass is 9.94. The molecule has 25 heavy (non-hydrogen) atoms. The number of benzene rings is 1. The zero-order valence-electron chi connectivity index (χ0n) is 22.1. The van der Waals surface area contributed by atoms with E-state index < -0.39 is 43.6 Å². The molecule has 2 aromatic rings. The summed E-state index contributed by atoms with van der Waals surface area (Å²) in [7, 11) is 0. The summed E-state index contributed by atoms with van der Waals surface area (Å²) in [4.78, 5) is 13.3. The summed E-state index contributed by atoms with van der Waals surface area (Å²) >= 11 is 0. The molecule has 1 aromatic carbocycles. The SMILES string of the molecule is [2H]C([2H])([2H])C(NC(=O)c1nn(-c2ccc(F)cc2F)c2c1[C@H]1CC[C@@H]2C1)(C([2H])([2H])[2H])C([2H])([2H])[2H]. The second-order valence-electron chi connectivity index (χ2n) is 6.57. The summed E-state index contributed by atoms with van der Waals surface area (Å²) < 4.78 is 98.6. The Balaban J connectivity index is 1.87. The maximum Gasteiger partial charge on any atom is 0.272 e. The number of aromatic nitrogens is 2. The van der Waals surface area contributed by atoms with E-state index in [1.165, 1.54) is 0 Å². The minimum absolute atomic E-state index is 0.0869. The smallest absolute Gasteiger partial charge is 0.272 e. The Morgan fingerprint density at radius 2 is 2.08 bits per heavy atom. The largest absolute Gasteiger partial charge is 0.346 e. The Hall–Kier alpha value is -2.24. The van der Waals surface area contributed by atoms with E-state index in [0.717, 1.165) is 23.2 Å². The zero-order chi connectivity index (χ0) is 25.4. The number of carbonyl (C=O) groups is 1. The van der Waals surface area contributed by atoms with Gasteiger partial charge in [0.05, 0.1) is 5.69 Å². The van der Waals surface area contributed by atoms with Crippen molar-refractivity contribution in [2.75, 3.05) is 0 Å². The van der Waals surface area contributed by atoms with Crippen molar-refractivity contribution in [2.45, 2.75) is 57.2 Å². The quantitative estimate of drug-likeness (QED) is 0.885. The van der Waals surface area contributed by atoms with E-state index in [1.807, 2.05) is 0 Å². The van der Waals surface area contributed by atoms with Crippen molar-refractivity contribution in [1.29, 1.82) is 0 Å². The third-order valence-electron chi connectivity index (χ3n) is 4.84. The van der Waals surface area contributed by atoms with Gasteiger partial charge in [-0.25, -0.2) is 13.5 Å². The van der Waals surface area contributed by atoms with Gasteiger partial charge in [-0.3, -0.25) is 4.79 Å². The zero-order valence-corrected chi connectivity index (χ0v) is 13.1. The highest BCUT2D eigenvalue weighted by Gasteiger charge is 2.44. The fourth-order valence-electron chi connectivity index (χ4n) is 3.96. The van der Waals surface area contributed by atoms with Gasteiger partial charge in [-0.1, -0.05) is 0 Å². The van der Waals surface area contributed by atoms with Crippen LogP contribution in [0, 0.1) is 11.6 Å². The van der Waals surface area contributed by atoms with E-state index >= 15 is 0 Å². The molecule has 132 valence electrons. The standard InChI is InChI=1S/C19H21F2N3O/c1-19(2,3)22-18(25)16-15-10-4-5-11(8-10)17(15)24(23-16)14-7-6-12(20)9-13(14)21/h6-7,9-11H,4-5,8H2,1-3H3,(H,22,25)/t10-,11+/m0/s1/i1D3,2D3,3D3. The number of nitrogens with zero attached hydrogens (tertiary/aromatic N) is 2. The first-order chi connectivity index (χ1) is 15.5. The molecule has 0 unspecified atom stereocenters. The molecule has 0 spiro atoms. The van der Waals surface area contributed by atoms with Crippen LogP contribution in [0.4, 0.5) is 8.78 Å². The van der Waals surface area contributed by atoms with Gasteiger partial charge >= 0.3 is 0 Å². The lowest BCUT2D eigenvalue weighted by Crippen LogP contribution is -2.41. The van der Waals surface area contributed by atoms with Crippen LogP contribution in [0.1, 0.15) is 85.7 Å². The van der Waals surface area contributed by atoms with Crippen molar-refractivity contribution in [3.8, 4) is 5.69 Å². The molecule has 1 N–H and O–H groups in total. The Bertz CT molecular complexity index is 1120. The molecule has 4 nitrogen and oxygen atoms in total. The number of halogens is 2. The van der Waals surface area contributed by atoms with E-state index in [2.05, 4.69) is 5.10 Å². The molecular weight excluding hydrogens is 324 g/mol. The van der Waals surface area contributed by atoms with Crippen molar-refractivity contribution in [3.05, 3.63) is 46.8 Å². The number of nitrogens with one attached hydrogen (secondary N) is 1. The number of fused-ring (bicyclic) bond motifs is 5. The van der Waals surface area contributed by atoms with Gasteiger partial charge in [0.15, 0.2) is 11.5 Å². The van der Waals surface area contributed by atoms with Gasteiger partial charge in [0.25, 0.3) is 5.91 Å². The summed E-state index contributed by atoms with van der Waals surface area (Å²) in [6, 6.07) is 2.81. The molecular formula is C19H21F2N3O. The highest BCUT2D eigenvalue weighted by Crippen LogP contribution is 2.54. The van der Waals surface area contributed by atoms with Crippen molar-refractivity contribution in [1.82, 2.24) is 15.1 Å². The third-order valence-corrected chi connectivity index (χ3v) is 4.84. The first-order valence-corrected chi connectivity index (χ1v) is 7.90. The summed E-state index contributed by atoms with van der Waals surface area (Å²) in [6.07, 6.45) is 2.04. The molecule has 1 heterocycles. The molecule has 6 heteroatoms. The number of hydrogen-bond donors (Lipinski definition) is 1. The fraction of sp³-hybridized carbons (Fsp3) is 0.474. The van der Waals surface area contributed by atoms with Crippen LogP contribution in [0.2, 0.25) is 0 Å².